The van der Waals surface area contributed by atoms with Crippen LogP contribution in [-0.4, -0.2) is 38.2 Å². The Morgan fingerprint density at radius 3 is 2.87 bits per heavy atom. The van der Waals surface area contributed by atoms with Gasteiger partial charge in [-0.1, -0.05) is 36.0 Å². The highest BCUT2D eigenvalue weighted by molar-refractivity contribution is 8.00. The van der Waals surface area contributed by atoms with Crippen LogP contribution in [0.25, 0.3) is 16.7 Å². The van der Waals surface area contributed by atoms with Gasteiger partial charge < -0.3 is 14.8 Å². The molecule has 1 aliphatic heterocycles. The number of carbonyl (C=O) groups excluding carboxylic acids is 1. The van der Waals surface area contributed by atoms with E-state index in [1.165, 1.54) is 18.1 Å². The molecule has 5 rings (SSSR count). The average Bonchev–Trinajstić information content (AvgIpc) is 3.43. The molecule has 1 amide bonds. The molecule has 2 aromatic heterocycles. The van der Waals surface area contributed by atoms with Crippen LogP contribution in [0.5, 0.6) is 11.5 Å². The quantitative estimate of drug-likeness (QED) is 0.379. The summed E-state index contributed by atoms with van der Waals surface area (Å²) in [5.41, 5.74) is 2.58. The van der Waals surface area contributed by atoms with Gasteiger partial charge in [-0.3, -0.25) is 4.79 Å². The van der Waals surface area contributed by atoms with Crippen LogP contribution in [0, 0.1) is 0 Å². The number of benzene rings is 2. The van der Waals surface area contributed by atoms with Gasteiger partial charge in [-0.05, 0) is 29.8 Å². The van der Waals surface area contributed by atoms with Gasteiger partial charge >= 0.3 is 0 Å². The van der Waals surface area contributed by atoms with Gasteiger partial charge in [-0.2, -0.15) is 5.10 Å². The predicted octanol–water partition coefficient (Wildman–Crippen LogP) is 2.95. The van der Waals surface area contributed by atoms with E-state index in [0.717, 1.165) is 27.4 Å². The molecule has 0 fully saturated rings. The third-order valence-corrected chi connectivity index (χ3v) is 5.60. The molecule has 4 aromatic rings. The fourth-order valence-electron chi connectivity index (χ4n) is 3.13. The number of carbonyl (C=O) groups is 1. The van der Waals surface area contributed by atoms with Crippen molar-refractivity contribution in [2.45, 2.75) is 11.6 Å². The maximum atomic E-state index is 12.3. The smallest absolute Gasteiger partial charge is 0.231 e. The van der Waals surface area contributed by atoms with Crippen molar-refractivity contribution < 1.29 is 14.3 Å². The second kappa shape index (κ2) is 8.03. The topological polar surface area (TPSA) is 91.2 Å². The van der Waals surface area contributed by atoms with Crippen LogP contribution in [0.15, 0.2) is 66.1 Å². The third kappa shape index (κ3) is 3.67. The van der Waals surface area contributed by atoms with Crippen LogP contribution in [0.1, 0.15) is 5.56 Å². The van der Waals surface area contributed by atoms with Gasteiger partial charge in [0.05, 0.1) is 23.0 Å². The maximum absolute atomic E-state index is 12.3. The Bertz CT molecular complexity index is 1210. The van der Waals surface area contributed by atoms with Crippen LogP contribution < -0.4 is 14.8 Å². The molecule has 0 bridgehead atoms. The Morgan fingerprint density at radius 1 is 1.10 bits per heavy atom. The summed E-state index contributed by atoms with van der Waals surface area (Å²) in [5, 5.41) is 8.89. The molecular weight excluding hydrogens is 402 g/mol. The molecule has 0 spiro atoms. The van der Waals surface area contributed by atoms with E-state index in [9.17, 15) is 4.79 Å². The highest BCUT2D eigenvalue weighted by atomic mass is 32.2. The Morgan fingerprint density at radius 2 is 1.97 bits per heavy atom. The van der Waals surface area contributed by atoms with Gasteiger partial charge in [0.2, 0.25) is 12.7 Å². The highest BCUT2D eigenvalue weighted by Crippen LogP contribution is 2.32. The zero-order chi connectivity index (χ0) is 20.3. The molecule has 9 heteroatoms. The van der Waals surface area contributed by atoms with E-state index in [4.69, 9.17) is 9.47 Å². The first kappa shape index (κ1) is 18.4. The largest absolute Gasteiger partial charge is 0.454 e. The standard InChI is InChI=1S/C21H17N5O3S/c27-19(22-9-14-6-7-17-18(8-14)29-13-28-17)11-30-21-16-10-25-26(20(16)23-12-24-21)15-4-2-1-3-5-15/h1-8,10,12H,9,11,13H2,(H,22,27). The minimum Gasteiger partial charge on any atom is -0.454 e. The van der Waals surface area contributed by atoms with Crippen molar-refractivity contribution in [3.63, 3.8) is 0 Å². The molecule has 1 aliphatic rings. The zero-order valence-electron chi connectivity index (χ0n) is 15.8. The number of amides is 1. The van der Waals surface area contributed by atoms with E-state index >= 15 is 0 Å². The first-order valence-electron chi connectivity index (χ1n) is 9.30. The van der Waals surface area contributed by atoms with Crippen molar-refractivity contribution in [3.05, 3.63) is 66.6 Å². The lowest BCUT2D eigenvalue weighted by molar-refractivity contribution is -0.118. The van der Waals surface area contributed by atoms with E-state index in [2.05, 4.69) is 20.4 Å². The van der Waals surface area contributed by atoms with Gasteiger partial charge in [0.25, 0.3) is 0 Å². The van der Waals surface area contributed by atoms with Crippen molar-refractivity contribution in [2.24, 2.45) is 0 Å². The van der Waals surface area contributed by atoms with Gasteiger partial charge in [-0.25, -0.2) is 14.6 Å². The van der Waals surface area contributed by atoms with Crippen molar-refractivity contribution in [1.29, 1.82) is 0 Å². The molecule has 2 aromatic carbocycles. The van der Waals surface area contributed by atoms with Crippen molar-refractivity contribution >= 4 is 28.7 Å². The molecule has 0 radical (unpaired) electrons. The number of ether oxygens (including phenoxy) is 2. The number of thioether (sulfide) groups is 1. The fourth-order valence-corrected chi connectivity index (χ4v) is 3.92. The number of hydrogen-bond donors (Lipinski definition) is 1. The fraction of sp³-hybridized carbons (Fsp3) is 0.143. The van der Waals surface area contributed by atoms with E-state index in [1.54, 1.807) is 10.9 Å². The number of hydrogen-bond acceptors (Lipinski definition) is 7. The normalized spacial score (nSPS) is 12.3. The lowest BCUT2D eigenvalue weighted by Crippen LogP contribution is -2.24. The number of para-hydroxylation sites is 1. The molecule has 8 nitrogen and oxygen atoms in total. The van der Waals surface area contributed by atoms with Crippen LogP contribution in [-0.2, 0) is 11.3 Å². The molecule has 0 saturated heterocycles. The van der Waals surface area contributed by atoms with Crippen LogP contribution >= 0.6 is 11.8 Å². The van der Waals surface area contributed by atoms with Crippen molar-refractivity contribution in [1.82, 2.24) is 25.1 Å². The zero-order valence-corrected chi connectivity index (χ0v) is 16.6. The molecule has 0 unspecified atom stereocenters. The van der Waals surface area contributed by atoms with E-state index in [-0.39, 0.29) is 18.5 Å². The van der Waals surface area contributed by atoms with Gasteiger partial charge in [-0.15, -0.1) is 0 Å². The average molecular weight is 419 g/mol. The molecular formula is C21H17N5O3S. The van der Waals surface area contributed by atoms with Crippen LogP contribution in [0.4, 0.5) is 0 Å². The number of aromatic nitrogens is 4. The Kier molecular flexibility index (Phi) is 4.94. The number of fused-ring (bicyclic) bond motifs is 2. The highest BCUT2D eigenvalue weighted by Gasteiger charge is 2.15. The molecule has 0 saturated carbocycles. The molecule has 0 atom stereocenters. The Labute approximate surface area is 176 Å². The Balaban J connectivity index is 1.24. The number of nitrogens with one attached hydrogen (secondary N) is 1. The van der Waals surface area contributed by atoms with E-state index in [0.29, 0.717) is 17.9 Å². The molecule has 1 N–H and O–H groups in total. The van der Waals surface area contributed by atoms with Gasteiger partial charge in [0, 0.05) is 6.54 Å². The van der Waals surface area contributed by atoms with E-state index in [1.807, 2.05) is 48.5 Å². The first-order chi connectivity index (χ1) is 14.8. The summed E-state index contributed by atoms with van der Waals surface area (Å²) in [5.74, 6) is 1.59. The summed E-state index contributed by atoms with van der Waals surface area (Å²) in [6, 6.07) is 15.4. The number of rotatable bonds is 6. The predicted molar refractivity (Wildman–Crippen MR) is 112 cm³/mol. The maximum Gasteiger partial charge on any atom is 0.231 e. The van der Waals surface area contributed by atoms with Crippen LogP contribution in [0.3, 0.4) is 0 Å². The lowest BCUT2D eigenvalue weighted by Gasteiger charge is -2.07. The summed E-state index contributed by atoms with van der Waals surface area (Å²) in [6.07, 6.45) is 3.23. The van der Waals surface area contributed by atoms with Crippen LogP contribution in [0.2, 0.25) is 0 Å². The monoisotopic (exact) mass is 419 g/mol. The van der Waals surface area contributed by atoms with Crippen molar-refractivity contribution in [2.75, 3.05) is 12.5 Å². The molecule has 150 valence electrons. The number of nitrogens with zero attached hydrogens (tertiary/aromatic N) is 4. The van der Waals surface area contributed by atoms with Crippen molar-refractivity contribution in [3.8, 4) is 17.2 Å². The summed E-state index contributed by atoms with van der Waals surface area (Å²) >= 11 is 1.36. The summed E-state index contributed by atoms with van der Waals surface area (Å²) in [4.78, 5) is 21.0. The summed E-state index contributed by atoms with van der Waals surface area (Å²) in [6.45, 7) is 0.650. The summed E-state index contributed by atoms with van der Waals surface area (Å²) in [7, 11) is 0. The second-order valence-electron chi connectivity index (χ2n) is 6.56. The minimum absolute atomic E-state index is 0.0834. The molecule has 30 heavy (non-hydrogen) atoms. The minimum atomic E-state index is -0.0834. The Hall–Kier alpha value is -3.59. The van der Waals surface area contributed by atoms with Gasteiger partial charge in [0.15, 0.2) is 17.1 Å². The van der Waals surface area contributed by atoms with E-state index < -0.39 is 0 Å². The lowest BCUT2D eigenvalue weighted by atomic mass is 10.2. The molecule has 0 aliphatic carbocycles. The SMILES string of the molecule is O=C(CSc1ncnc2c1cnn2-c1ccccc1)NCc1ccc2c(c1)OCO2. The third-order valence-electron chi connectivity index (χ3n) is 4.60. The second-order valence-corrected chi connectivity index (χ2v) is 7.53. The summed E-state index contributed by atoms with van der Waals surface area (Å²) < 4.78 is 12.4. The molecule has 3 heterocycles. The first-order valence-corrected chi connectivity index (χ1v) is 10.3. The van der Waals surface area contributed by atoms with Gasteiger partial charge in [0.1, 0.15) is 11.4 Å².